The van der Waals surface area contributed by atoms with Crippen molar-refractivity contribution in [2.24, 2.45) is 0 Å². The highest BCUT2D eigenvalue weighted by Crippen LogP contribution is 2.29. The Hall–Kier alpha value is -0.370. The Morgan fingerprint density at radius 3 is 2.78 bits per heavy atom. The molecule has 0 N–H and O–H groups in total. The third-order valence-corrected chi connectivity index (χ3v) is 1.68. The van der Waals surface area contributed by atoms with Crippen LogP contribution in [0.4, 0.5) is 0 Å². The van der Waals surface area contributed by atoms with E-state index in [0.29, 0.717) is 6.61 Å². The quantitative estimate of drug-likeness (QED) is 0.420. The van der Waals surface area contributed by atoms with Gasteiger partial charge in [0.1, 0.15) is 5.60 Å². The second-order valence-corrected chi connectivity index (χ2v) is 2.57. The van der Waals surface area contributed by atoms with Gasteiger partial charge in [-0.05, 0) is 6.42 Å². The van der Waals surface area contributed by atoms with E-state index in [2.05, 4.69) is 6.92 Å². The molecular weight excluding hydrogens is 116 g/mol. The van der Waals surface area contributed by atoms with Gasteiger partial charge in [0.25, 0.3) is 0 Å². The summed E-state index contributed by atoms with van der Waals surface area (Å²) >= 11 is 0. The maximum absolute atomic E-state index is 10.3. The van der Waals surface area contributed by atoms with E-state index in [1.54, 1.807) is 0 Å². The normalized spacial score (nSPS) is 32.1. The number of ether oxygens (including phenoxy) is 1. The minimum atomic E-state index is -0.337. The molecule has 1 saturated heterocycles. The van der Waals surface area contributed by atoms with Gasteiger partial charge in [0, 0.05) is 0 Å². The second kappa shape index (κ2) is 2.48. The lowest BCUT2D eigenvalue weighted by atomic mass is 10.1. The highest BCUT2D eigenvalue weighted by molar-refractivity contribution is 5.66. The van der Waals surface area contributed by atoms with E-state index >= 15 is 0 Å². The first-order valence-electron chi connectivity index (χ1n) is 3.43. The van der Waals surface area contributed by atoms with Gasteiger partial charge in [-0.25, -0.2) is 0 Å². The van der Waals surface area contributed by atoms with Crippen molar-refractivity contribution in [3.63, 3.8) is 0 Å². The van der Waals surface area contributed by atoms with Crippen LogP contribution >= 0.6 is 0 Å². The number of hydrogen-bond donors (Lipinski definition) is 0. The summed E-state index contributed by atoms with van der Waals surface area (Å²) in [5, 5.41) is 0. The Bertz CT molecular complexity index is 105. The zero-order valence-corrected chi connectivity index (χ0v) is 5.72. The molecule has 0 aromatic heterocycles. The molecule has 1 unspecified atom stereocenters. The lowest BCUT2D eigenvalue weighted by Crippen LogP contribution is -2.11. The van der Waals surface area contributed by atoms with E-state index in [0.717, 1.165) is 25.5 Å². The van der Waals surface area contributed by atoms with Crippen molar-refractivity contribution in [3.05, 3.63) is 0 Å². The Labute approximate surface area is 55.2 Å². The fraction of sp³-hybridized carbons (Fsp3) is 0.857. The summed E-state index contributed by atoms with van der Waals surface area (Å²) in [6, 6.07) is 0. The van der Waals surface area contributed by atoms with Crippen molar-refractivity contribution in [2.75, 3.05) is 6.61 Å². The number of epoxide rings is 1. The van der Waals surface area contributed by atoms with Gasteiger partial charge in [0.05, 0.1) is 6.61 Å². The molecular formula is C7H12O2. The van der Waals surface area contributed by atoms with Crippen LogP contribution in [-0.4, -0.2) is 18.5 Å². The van der Waals surface area contributed by atoms with Crippen molar-refractivity contribution in [1.82, 2.24) is 0 Å². The summed E-state index contributed by atoms with van der Waals surface area (Å²) < 4.78 is 4.98. The molecule has 1 rings (SSSR count). The molecule has 1 atom stereocenters. The molecule has 1 aliphatic heterocycles. The minimum absolute atomic E-state index is 0.337. The van der Waals surface area contributed by atoms with Gasteiger partial charge in [-0.2, -0.15) is 0 Å². The summed E-state index contributed by atoms with van der Waals surface area (Å²) in [5.41, 5.74) is -0.337. The summed E-state index contributed by atoms with van der Waals surface area (Å²) in [6.45, 7) is 2.76. The van der Waals surface area contributed by atoms with Crippen LogP contribution < -0.4 is 0 Å². The average Bonchev–Trinajstić information content (AvgIpc) is 2.65. The van der Waals surface area contributed by atoms with Gasteiger partial charge >= 0.3 is 0 Å². The molecule has 0 aromatic carbocycles. The van der Waals surface area contributed by atoms with Crippen molar-refractivity contribution in [2.45, 2.75) is 31.8 Å². The molecule has 0 aromatic rings. The van der Waals surface area contributed by atoms with Crippen LogP contribution in [0.25, 0.3) is 0 Å². The maximum Gasteiger partial charge on any atom is 0.154 e. The minimum Gasteiger partial charge on any atom is -0.362 e. The van der Waals surface area contributed by atoms with E-state index in [1.807, 2.05) is 0 Å². The van der Waals surface area contributed by atoms with Gasteiger partial charge in [-0.1, -0.05) is 19.8 Å². The fourth-order valence-corrected chi connectivity index (χ4v) is 0.840. The molecule has 0 amide bonds. The first-order valence-corrected chi connectivity index (χ1v) is 3.43. The molecule has 1 aliphatic rings. The first kappa shape index (κ1) is 6.75. The molecule has 0 spiro atoms. The van der Waals surface area contributed by atoms with Gasteiger partial charge in [0.15, 0.2) is 6.29 Å². The molecule has 1 heterocycles. The zero-order chi connectivity index (χ0) is 6.74. The van der Waals surface area contributed by atoms with Crippen molar-refractivity contribution >= 4 is 6.29 Å². The molecule has 0 bridgehead atoms. The molecule has 52 valence electrons. The lowest BCUT2D eigenvalue weighted by Gasteiger charge is -1.98. The van der Waals surface area contributed by atoms with Crippen LogP contribution in [0.15, 0.2) is 0 Å². The van der Waals surface area contributed by atoms with E-state index < -0.39 is 0 Å². The van der Waals surface area contributed by atoms with Crippen molar-refractivity contribution in [3.8, 4) is 0 Å². The Morgan fingerprint density at radius 2 is 2.44 bits per heavy atom. The first-order chi connectivity index (χ1) is 4.33. The standard InChI is InChI=1S/C7H12O2/c1-2-3-4-7(5-8)6-9-7/h5H,2-4,6H2,1H3. The Balaban J connectivity index is 2.17. The summed E-state index contributed by atoms with van der Waals surface area (Å²) in [5.74, 6) is 0. The number of hydrogen-bond acceptors (Lipinski definition) is 2. The average molecular weight is 128 g/mol. The molecule has 0 saturated carbocycles. The zero-order valence-electron chi connectivity index (χ0n) is 5.72. The summed E-state index contributed by atoms with van der Waals surface area (Å²) in [7, 11) is 0. The smallest absolute Gasteiger partial charge is 0.154 e. The lowest BCUT2D eigenvalue weighted by molar-refractivity contribution is -0.112. The number of carbonyl (C=O) groups is 1. The van der Waals surface area contributed by atoms with Crippen LogP contribution in [0.5, 0.6) is 0 Å². The van der Waals surface area contributed by atoms with Gasteiger partial charge < -0.3 is 9.53 Å². The Kier molecular flexibility index (Phi) is 1.86. The monoisotopic (exact) mass is 128 g/mol. The summed E-state index contributed by atoms with van der Waals surface area (Å²) in [4.78, 5) is 10.3. The Morgan fingerprint density at radius 1 is 1.78 bits per heavy atom. The third kappa shape index (κ3) is 1.52. The number of unbranched alkanes of at least 4 members (excludes halogenated alkanes) is 1. The highest BCUT2D eigenvalue weighted by atomic mass is 16.6. The van der Waals surface area contributed by atoms with Crippen LogP contribution in [0, 0.1) is 0 Å². The van der Waals surface area contributed by atoms with Crippen LogP contribution in [0.3, 0.4) is 0 Å². The van der Waals surface area contributed by atoms with E-state index in [1.165, 1.54) is 0 Å². The third-order valence-electron chi connectivity index (χ3n) is 1.68. The molecule has 2 nitrogen and oxygen atoms in total. The molecule has 9 heavy (non-hydrogen) atoms. The maximum atomic E-state index is 10.3. The van der Waals surface area contributed by atoms with Gasteiger partial charge in [-0.15, -0.1) is 0 Å². The van der Waals surface area contributed by atoms with E-state index in [9.17, 15) is 4.79 Å². The summed E-state index contributed by atoms with van der Waals surface area (Å²) in [6.07, 6.45) is 4.08. The topological polar surface area (TPSA) is 29.6 Å². The molecule has 2 heteroatoms. The number of carbonyl (C=O) groups excluding carboxylic acids is 1. The highest BCUT2D eigenvalue weighted by Gasteiger charge is 2.43. The van der Waals surface area contributed by atoms with Crippen molar-refractivity contribution < 1.29 is 9.53 Å². The SMILES string of the molecule is CCCCC1(C=O)CO1. The van der Waals surface area contributed by atoms with E-state index in [-0.39, 0.29) is 5.60 Å². The van der Waals surface area contributed by atoms with Crippen LogP contribution in [-0.2, 0) is 9.53 Å². The predicted octanol–water partition coefficient (Wildman–Crippen LogP) is 1.14. The predicted molar refractivity (Wildman–Crippen MR) is 34.3 cm³/mol. The van der Waals surface area contributed by atoms with Gasteiger partial charge in [0.2, 0.25) is 0 Å². The van der Waals surface area contributed by atoms with Gasteiger partial charge in [-0.3, -0.25) is 0 Å². The van der Waals surface area contributed by atoms with E-state index in [4.69, 9.17) is 4.74 Å². The number of aldehydes is 1. The van der Waals surface area contributed by atoms with Crippen molar-refractivity contribution in [1.29, 1.82) is 0 Å². The fourth-order valence-electron chi connectivity index (χ4n) is 0.840. The largest absolute Gasteiger partial charge is 0.362 e. The second-order valence-electron chi connectivity index (χ2n) is 2.57. The van der Waals surface area contributed by atoms with Crippen LogP contribution in [0.2, 0.25) is 0 Å². The molecule has 0 radical (unpaired) electrons. The molecule has 1 fully saturated rings. The number of rotatable bonds is 4. The van der Waals surface area contributed by atoms with Crippen LogP contribution in [0.1, 0.15) is 26.2 Å². The molecule has 0 aliphatic carbocycles.